The molecule has 0 saturated carbocycles. The first kappa shape index (κ1) is 9.12. The van der Waals surface area contributed by atoms with Crippen molar-refractivity contribution in [3.63, 3.8) is 0 Å². The molecule has 1 rings (SSSR count). The zero-order valence-corrected chi connectivity index (χ0v) is 7.71. The molecule has 0 aromatic rings. The van der Waals surface area contributed by atoms with Crippen molar-refractivity contribution in [1.82, 2.24) is 4.90 Å². The lowest BCUT2D eigenvalue weighted by Crippen LogP contribution is -2.38. The summed E-state index contributed by atoms with van der Waals surface area (Å²) in [5.74, 6) is 2.04. The SMILES string of the molecule is C#CC(=O)N1C(C)CCC1CC. The molecule has 2 heteroatoms. The molecule has 0 aromatic heterocycles. The molecule has 1 fully saturated rings. The molecule has 2 unspecified atom stereocenters. The minimum Gasteiger partial charge on any atom is -0.326 e. The molecule has 1 aliphatic rings. The van der Waals surface area contributed by atoms with Gasteiger partial charge in [0.2, 0.25) is 0 Å². The summed E-state index contributed by atoms with van der Waals surface area (Å²) in [5, 5.41) is 0. The Morgan fingerprint density at radius 3 is 2.83 bits per heavy atom. The van der Waals surface area contributed by atoms with E-state index >= 15 is 0 Å². The van der Waals surface area contributed by atoms with E-state index in [1.54, 1.807) is 0 Å². The Morgan fingerprint density at radius 1 is 1.67 bits per heavy atom. The second-order valence-corrected chi connectivity index (χ2v) is 3.35. The van der Waals surface area contributed by atoms with Gasteiger partial charge in [-0.3, -0.25) is 4.79 Å². The van der Waals surface area contributed by atoms with E-state index in [1.807, 2.05) is 4.90 Å². The largest absolute Gasteiger partial charge is 0.326 e. The van der Waals surface area contributed by atoms with Gasteiger partial charge in [-0.15, -0.1) is 6.42 Å². The molecular formula is C10H15NO. The maximum atomic E-state index is 11.3. The maximum Gasteiger partial charge on any atom is 0.298 e. The smallest absolute Gasteiger partial charge is 0.298 e. The lowest BCUT2D eigenvalue weighted by atomic mass is 10.1. The third-order valence-electron chi connectivity index (χ3n) is 2.62. The molecule has 0 aromatic carbocycles. The van der Waals surface area contributed by atoms with Crippen LogP contribution in [0.4, 0.5) is 0 Å². The standard InChI is InChI=1S/C10H15NO/c1-4-9-7-6-8(3)11(9)10(12)5-2/h2,8-9H,4,6-7H2,1,3H3. The fourth-order valence-electron chi connectivity index (χ4n) is 1.91. The number of carbonyl (C=O) groups excluding carboxylic acids is 1. The molecule has 0 N–H and O–H groups in total. The Balaban J connectivity index is 2.71. The lowest BCUT2D eigenvalue weighted by Gasteiger charge is -2.25. The van der Waals surface area contributed by atoms with Gasteiger partial charge in [0.05, 0.1) is 0 Å². The van der Waals surface area contributed by atoms with Crippen molar-refractivity contribution < 1.29 is 4.79 Å². The van der Waals surface area contributed by atoms with Gasteiger partial charge in [0, 0.05) is 12.1 Å². The molecular weight excluding hydrogens is 150 g/mol. The molecule has 1 amide bonds. The van der Waals surface area contributed by atoms with E-state index in [2.05, 4.69) is 19.8 Å². The molecule has 1 aliphatic heterocycles. The van der Waals surface area contributed by atoms with Crippen LogP contribution in [0, 0.1) is 12.3 Å². The van der Waals surface area contributed by atoms with E-state index in [-0.39, 0.29) is 5.91 Å². The van der Waals surface area contributed by atoms with Crippen molar-refractivity contribution in [3.8, 4) is 12.3 Å². The number of likely N-dealkylation sites (tertiary alicyclic amines) is 1. The Labute approximate surface area is 73.9 Å². The number of rotatable bonds is 1. The number of terminal acetylenes is 1. The summed E-state index contributed by atoms with van der Waals surface area (Å²) in [7, 11) is 0. The van der Waals surface area contributed by atoms with Gasteiger partial charge in [-0.1, -0.05) is 6.92 Å². The third-order valence-corrected chi connectivity index (χ3v) is 2.62. The molecule has 0 spiro atoms. The van der Waals surface area contributed by atoms with Crippen LogP contribution in [0.15, 0.2) is 0 Å². The van der Waals surface area contributed by atoms with Crippen LogP contribution < -0.4 is 0 Å². The van der Waals surface area contributed by atoms with Gasteiger partial charge in [0.1, 0.15) is 0 Å². The maximum absolute atomic E-state index is 11.3. The first-order valence-corrected chi connectivity index (χ1v) is 4.49. The van der Waals surface area contributed by atoms with Crippen LogP contribution in [0.3, 0.4) is 0 Å². The van der Waals surface area contributed by atoms with Gasteiger partial charge >= 0.3 is 0 Å². The van der Waals surface area contributed by atoms with E-state index in [1.165, 1.54) is 0 Å². The van der Waals surface area contributed by atoms with Crippen LogP contribution in [-0.4, -0.2) is 22.9 Å². The summed E-state index contributed by atoms with van der Waals surface area (Å²) in [4.78, 5) is 13.1. The second kappa shape index (κ2) is 3.62. The van der Waals surface area contributed by atoms with Crippen molar-refractivity contribution in [2.45, 2.75) is 45.2 Å². The zero-order valence-electron chi connectivity index (χ0n) is 7.71. The molecule has 1 heterocycles. The minimum absolute atomic E-state index is 0.146. The first-order valence-electron chi connectivity index (χ1n) is 4.49. The summed E-state index contributed by atoms with van der Waals surface area (Å²) >= 11 is 0. The Kier molecular flexibility index (Phi) is 2.75. The average Bonchev–Trinajstić information content (AvgIpc) is 2.45. The van der Waals surface area contributed by atoms with Gasteiger partial charge < -0.3 is 4.90 Å². The third kappa shape index (κ3) is 1.45. The number of carbonyl (C=O) groups is 1. The zero-order chi connectivity index (χ0) is 9.14. The van der Waals surface area contributed by atoms with Crippen molar-refractivity contribution in [3.05, 3.63) is 0 Å². The van der Waals surface area contributed by atoms with Gasteiger partial charge in [-0.2, -0.15) is 0 Å². The van der Waals surface area contributed by atoms with Crippen molar-refractivity contribution in [2.75, 3.05) is 0 Å². The highest BCUT2D eigenvalue weighted by Crippen LogP contribution is 2.25. The number of hydrogen-bond acceptors (Lipinski definition) is 1. The van der Waals surface area contributed by atoms with Crippen LogP contribution in [0.2, 0.25) is 0 Å². The second-order valence-electron chi connectivity index (χ2n) is 3.35. The summed E-state index contributed by atoms with van der Waals surface area (Å²) in [6, 6.07) is 0.710. The highest BCUT2D eigenvalue weighted by molar-refractivity contribution is 5.93. The van der Waals surface area contributed by atoms with Crippen molar-refractivity contribution in [2.24, 2.45) is 0 Å². The monoisotopic (exact) mass is 165 g/mol. The Hall–Kier alpha value is -0.970. The molecule has 0 bridgehead atoms. The molecule has 1 saturated heterocycles. The van der Waals surface area contributed by atoms with E-state index in [0.717, 1.165) is 19.3 Å². The number of nitrogens with zero attached hydrogens (tertiary/aromatic N) is 1. The van der Waals surface area contributed by atoms with Gasteiger partial charge in [-0.05, 0) is 32.1 Å². The predicted molar refractivity (Wildman–Crippen MR) is 48.5 cm³/mol. The average molecular weight is 165 g/mol. The molecule has 0 radical (unpaired) electrons. The highest BCUT2D eigenvalue weighted by Gasteiger charge is 2.31. The Morgan fingerprint density at radius 2 is 2.33 bits per heavy atom. The van der Waals surface area contributed by atoms with E-state index in [9.17, 15) is 4.79 Å². The summed E-state index contributed by atoms with van der Waals surface area (Å²) in [5.41, 5.74) is 0. The van der Waals surface area contributed by atoms with Gasteiger partial charge in [0.15, 0.2) is 0 Å². The van der Waals surface area contributed by atoms with Crippen LogP contribution in [-0.2, 0) is 4.79 Å². The number of hydrogen-bond donors (Lipinski definition) is 0. The molecule has 2 nitrogen and oxygen atoms in total. The fraction of sp³-hybridized carbons (Fsp3) is 0.700. The number of amides is 1. The highest BCUT2D eigenvalue weighted by atomic mass is 16.2. The summed E-state index contributed by atoms with van der Waals surface area (Å²) in [6.07, 6.45) is 8.29. The van der Waals surface area contributed by atoms with Crippen LogP contribution in [0.1, 0.15) is 33.1 Å². The Bertz CT molecular complexity index is 216. The van der Waals surface area contributed by atoms with Crippen LogP contribution >= 0.6 is 0 Å². The van der Waals surface area contributed by atoms with Gasteiger partial charge in [0.25, 0.3) is 5.91 Å². The fourth-order valence-corrected chi connectivity index (χ4v) is 1.91. The van der Waals surface area contributed by atoms with Gasteiger partial charge in [-0.25, -0.2) is 0 Å². The van der Waals surface area contributed by atoms with Crippen molar-refractivity contribution in [1.29, 1.82) is 0 Å². The quantitative estimate of drug-likeness (QED) is 0.538. The molecule has 66 valence electrons. The topological polar surface area (TPSA) is 20.3 Å². The minimum atomic E-state index is -0.146. The summed E-state index contributed by atoms with van der Waals surface area (Å²) in [6.45, 7) is 4.16. The predicted octanol–water partition coefficient (Wildman–Crippen LogP) is 1.41. The summed E-state index contributed by atoms with van der Waals surface area (Å²) < 4.78 is 0. The lowest BCUT2D eigenvalue weighted by molar-refractivity contribution is -0.127. The molecule has 12 heavy (non-hydrogen) atoms. The first-order chi connectivity index (χ1) is 5.70. The van der Waals surface area contributed by atoms with Crippen LogP contribution in [0.5, 0.6) is 0 Å². The molecule has 2 atom stereocenters. The van der Waals surface area contributed by atoms with Crippen molar-refractivity contribution >= 4 is 5.91 Å². The van der Waals surface area contributed by atoms with E-state index in [0.29, 0.717) is 12.1 Å². The normalized spacial score (nSPS) is 28.6. The molecule has 0 aliphatic carbocycles. The van der Waals surface area contributed by atoms with E-state index in [4.69, 9.17) is 6.42 Å². The van der Waals surface area contributed by atoms with E-state index < -0.39 is 0 Å². The van der Waals surface area contributed by atoms with Crippen LogP contribution in [0.25, 0.3) is 0 Å².